The summed E-state index contributed by atoms with van der Waals surface area (Å²) in [6, 6.07) is 5.40. The standard InChI is InChI=1S/C17H19F3N4O2/c18-17(19,20)26-13-8-6-11(7-9-13)22-16-14(15(21)25)10-24(23-16)12-4-2-1-3-5-12/h6-10,12H,1-5H2,(H2,21,25)(H,22,23). The Morgan fingerprint density at radius 2 is 1.85 bits per heavy atom. The van der Waals surface area contributed by atoms with E-state index in [0.29, 0.717) is 5.69 Å². The van der Waals surface area contributed by atoms with Crippen molar-refractivity contribution in [2.24, 2.45) is 5.73 Å². The van der Waals surface area contributed by atoms with Gasteiger partial charge in [-0.2, -0.15) is 5.10 Å². The number of benzene rings is 1. The lowest BCUT2D eigenvalue weighted by molar-refractivity contribution is -0.274. The van der Waals surface area contributed by atoms with Crippen molar-refractivity contribution in [1.29, 1.82) is 0 Å². The zero-order valence-electron chi connectivity index (χ0n) is 13.9. The maximum Gasteiger partial charge on any atom is 0.573 e. The first kappa shape index (κ1) is 18.1. The molecule has 9 heteroatoms. The molecule has 0 aliphatic heterocycles. The SMILES string of the molecule is NC(=O)c1cn(C2CCCCC2)nc1Nc1ccc(OC(F)(F)F)cc1. The first-order valence-corrected chi connectivity index (χ1v) is 8.33. The summed E-state index contributed by atoms with van der Waals surface area (Å²) in [5, 5.41) is 7.36. The van der Waals surface area contributed by atoms with E-state index in [1.54, 1.807) is 10.9 Å². The molecule has 1 amide bonds. The minimum absolute atomic E-state index is 0.222. The molecule has 2 aromatic rings. The molecule has 0 bridgehead atoms. The second kappa shape index (κ2) is 7.27. The van der Waals surface area contributed by atoms with Crippen LogP contribution >= 0.6 is 0 Å². The largest absolute Gasteiger partial charge is 0.573 e. The lowest BCUT2D eigenvalue weighted by atomic mass is 9.96. The van der Waals surface area contributed by atoms with Gasteiger partial charge < -0.3 is 15.8 Å². The number of nitrogens with zero attached hydrogens (tertiary/aromatic N) is 2. The minimum atomic E-state index is -4.74. The summed E-state index contributed by atoms with van der Waals surface area (Å²) in [6.07, 6.45) is 2.28. The van der Waals surface area contributed by atoms with Crippen molar-refractivity contribution in [1.82, 2.24) is 9.78 Å². The van der Waals surface area contributed by atoms with Crippen LogP contribution < -0.4 is 15.8 Å². The molecule has 1 aromatic carbocycles. The summed E-state index contributed by atoms with van der Waals surface area (Å²) < 4.78 is 42.2. The predicted octanol–water partition coefficient (Wildman–Crippen LogP) is 4.13. The molecule has 1 fully saturated rings. The van der Waals surface area contributed by atoms with Gasteiger partial charge in [-0.25, -0.2) is 0 Å². The molecule has 1 aromatic heterocycles. The van der Waals surface area contributed by atoms with Crippen LogP contribution in [-0.4, -0.2) is 22.1 Å². The number of alkyl halides is 3. The third kappa shape index (κ3) is 4.47. The molecule has 0 spiro atoms. The molecule has 1 aliphatic rings. The Morgan fingerprint density at radius 3 is 2.42 bits per heavy atom. The fourth-order valence-electron chi connectivity index (χ4n) is 3.07. The number of carbonyl (C=O) groups excluding carboxylic acids is 1. The number of hydrogen-bond donors (Lipinski definition) is 2. The highest BCUT2D eigenvalue weighted by Gasteiger charge is 2.31. The number of amides is 1. The highest BCUT2D eigenvalue weighted by molar-refractivity contribution is 5.98. The number of primary amides is 1. The zero-order chi connectivity index (χ0) is 18.7. The van der Waals surface area contributed by atoms with E-state index in [1.165, 1.54) is 30.7 Å². The number of nitrogens with one attached hydrogen (secondary N) is 1. The fourth-order valence-corrected chi connectivity index (χ4v) is 3.07. The van der Waals surface area contributed by atoms with Crippen LogP contribution in [0.15, 0.2) is 30.5 Å². The van der Waals surface area contributed by atoms with Crippen LogP contribution in [0.5, 0.6) is 5.75 Å². The maximum atomic E-state index is 12.2. The number of carbonyl (C=O) groups is 1. The average molecular weight is 368 g/mol. The van der Waals surface area contributed by atoms with E-state index >= 15 is 0 Å². The van der Waals surface area contributed by atoms with Crippen molar-refractivity contribution < 1.29 is 22.7 Å². The summed E-state index contributed by atoms with van der Waals surface area (Å²) in [5.74, 6) is -0.662. The molecule has 1 saturated carbocycles. The van der Waals surface area contributed by atoms with Gasteiger partial charge >= 0.3 is 6.36 Å². The smallest absolute Gasteiger partial charge is 0.406 e. The molecule has 3 N–H and O–H groups in total. The van der Waals surface area contributed by atoms with Crippen molar-refractivity contribution in [3.05, 3.63) is 36.0 Å². The normalized spacial score (nSPS) is 15.7. The molecule has 1 heterocycles. The summed E-state index contributed by atoms with van der Waals surface area (Å²) in [5.41, 5.74) is 6.14. The Morgan fingerprint density at radius 1 is 1.19 bits per heavy atom. The van der Waals surface area contributed by atoms with Gasteiger partial charge in [0.05, 0.1) is 6.04 Å². The van der Waals surface area contributed by atoms with Gasteiger partial charge in [-0.3, -0.25) is 9.48 Å². The summed E-state index contributed by atoms with van der Waals surface area (Å²) in [7, 11) is 0. The molecule has 0 saturated heterocycles. The van der Waals surface area contributed by atoms with E-state index in [1.807, 2.05) is 0 Å². The lowest BCUT2D eigenvalue weighted by Gasteiger charge is -2.21. The van der Waals surface area contributed by atoms with Crippen molar-refractivity contribution in [3.8, 4) is 5.75 Å². The van der Waals surface area contributed by atoms with Gasteiger partial charge in [-0.1, -0.05) is 19.3 Å². The zero-order valence-corrected chi connectivity index (χ0v) is 13.9. The number of ether oxygens (including phenoxy) is 1. The third-order valence-electron chi connectivity index (χ3n) is 4.30. The number of rotatable bonds is 5. The third-order valence-corrected chi connectivity index (χ3v) is 4.30. The van der Waals surface area contributed by atoms with E-state index in [9.17, 15) is 18.0 Å². The van der Waals surface area contributed by atoms with Gasteiger partial charge in [0.1, 0.15) is 11.3 Å². The number of nitrogens with two attached hydrogens (primary N) is 1. The van der Waals surface area contributed by atoms with E-state index in [2.05, 4.69) is 15.2 Å². The molecule has 3 rings (SSSR count). The van der Waals surface area contributed by atoms with E-state index in [4.69, 9.17) is 5.73 Å². The fraction of sp³-hybridized carbons (Fsp3) is 0.412. The second-order valence-corrected chi connectivity index (χ2v) is 6.22. The van der Waals surface area contributed by atoms with E-state index < -0.39 is 12.3 Å². The molecule has 26 heavy (non-hydrogen) atoms. The highest BCUT2D eigenvalue weighted by atomic mass is 19.4. The van der Waals surface area contributed by atoms with Gasteiger partial charge in [0.2, 0.25) is 0 Å². The van der Waals surface area contributed by atoms with Crippen LogP contribution in [0.3, 0.4) is 0 Å². The van der Waals surface area contributed by atoms with Crippen LogP contribution in [0, 0.1) is 0 Å². The molecule has 0 radical (unpaired) electrons. The maximum absolute atomic E-state index is 12.2. The minimum Gasteiger partial charge on any atom is -0.406 e. The van der Waals surface area contributed by atoms with E-state index in [0.717, 1.165) is 25.7 Å². The lowest BCUT2D eigenvalue weighted by Crippen LogP contribution is -2.17. The first-order chi connectivity index (χ1) is 12.3. The molecule has 1 aliphatic carbocycles. The van der Waals surface area contributed by atoms with Crippen LogP contribution in [0.2, 0.25) is 0 Å². The summed E-state index contributed by atoms with van der Waals surface area (Å²) >= 11 is 0. The number of anilines is 2. The highest BCUT2D eigenvalue weighted by Crippen LogP contribution is 2.30. The van der Waals surface area contributed by atoms with Gasteiger partial charge in [0.15, 0.2) is 5.82 Å². The molecule has 0 atom stereocenters. The monoisotopic (exact) mass is 368 g/mol. The predicted molar refractivity (Wildman–Crippen MR) is 89.3 cm³/mol. The molecular weight excluding hydrogens is 349 g/mol. The Labute approximate surface area is 148 Å². The van der Waals surface area contributed by atoms with Crippen LogP contribution in [0.4, 0.5) is 24.7 Å². The van der Waals surface area contributed by atoms with Crippen LogP contribution in [0.1, 0.15) is 48.5 Å². The Kier molecular flexibility index (Phi) is 5.06. The number of hydrogen-bond acceptors (Lipinski definition) is 4. The van der Waals surface area contributed by atoms with Crippen molar-refractivity contribution in [2.45, 2.75) is 44.5 Å². The molecule has 6 nitrogen and oxygen atoms in total. The van der Waals surface area contributed by atoms with Gasteiger partial charge in [0.25, 0.3) is 5.91 Å². The summed E-state index contributed by atoms with van der Waals surface area (Å²) in [4.78, 5) is 11.7. The Balaban J connectivity index is 1.78. The van der Waals surface area contributed by atoms with Gasteiger partial charge in [-0.05, 0) is 37.1 Å². The van der Waals surface area contributed by atoms with Crippen molar-refractivity contribution >= 4 is 17.4 Å². The number of aromatic nitrogens is 2. The van der Waals surface area contributed by atoms with Crippen molar-refractivity contribution in [2.75, 3.05) is 5.32 Å². The Bertz CT molecular complexity index is 765. The Hall–Kier alpha value is -2.71. The molecule has 0 unspecified atom stereocenters. The quantitative estimate of drug-likeness (QED) is 0.831. The average Bonchev–Trinajstić information content (AvgIpc) is 3.00. The molecule has 140 valence electrons. The van der Waals surface area contributed by atoms with Crippen LogP contribution in [-0.2, 0) is 0 Å². The van der Waals surface area contributed by atoms with Crippen molar-refractivity contribution in [3.63, 3.8) is 0 Å². The topological polar surface area (TPSA) is 82.2 Å². The van der Waals surface area contributed by atoms with E-state index in [-0.39, 0.29) is 23.2 Å². The second-order valence-electron chi connectivity index (χ2n) is 6.22. The van der Waals surface area contributed by atoms with Gasteiger partial charge in [-0.15, -0.1) is 13.2 Å². The van der Waals surface area contributed by atoms with Crippen LogP contribution in [0.25, 0.3) is 0 Å². The van der Waals surface area contributed by atoms with Gasteiger partial charge in [0, 0.05) is 11.9 Å². The summed E-state index contributed by atoms with van der Waals surface area (Å²) in [6.45, 7) is 0. The molecular formula is C17H19F3N4O2. The first-order valence-electron chi connectivity index (χ1n) is 8.33. The number of halogens is 3.